The second kappa shape index (κ2) is 13.7. The van der Waals surface area contributed by atoms with E-state index in [1.54, 1.807) is 39.1 Å². The van der Waals surface area contributed by atoms with E-state index in [1.807, 2.05) is 12.2 Å². The Labute approximate surface area is 276 Å². The normalized spacial score (nSPS) is 29.5. The first-order valence-electron chi connectivity index (χ1n) is 16.3. The molecule has 3 fully saturated rings. The number of rotatable bonds is 6. The Hall–Kier alpha value is -3.94. The third kappa shape index (κ3) is 7.96. The fraction of sp³-hybridized carbons (Fsp3) is 0.606. The quantitative estimate of drug-likeness (QED) is 0.385. The number of hydrogen-bond donors (Lipinski definition) is 3. The largest absolute Gasteiger partial charge is 0.486 e. The van der Waals surface area contributed by atoms with Crippen LogP contribution in [0, 0.1) is 11.3 Å². The highest BCUT2D eigenvalue weighted by molar-refractivity contribution is 7.91. The first kappa shape index (κ1) is 34.4. The van der Waals surface area contributed by atoms with Gasteiger partial charge in [0.05, 0.1) is 18.4 Å². The predicted octanol–water partition coefficient (Wildman–Crippen LogP) is 2.83. The maximum atomic E-state index is 14.3. The van der Waals surface area contributed by atoms with E-state index in [0.29, 0.717) is 30.7 Å². The van der Waals surface area contributed by atoms with Gasteiger partial charge in [-0.2, -0.15) is 0 Å². The molecule has 3 heterocycles. The summed E-state index contributed by atoms with van der Waals surface area (Å²) in [5.74, 6) is -1.98. The predicted molar refractivity (Wildman–Crippen MR) is 173 cm³/mol. The molecule has 256 valence electrons. The molecular formula is C33H45N5O8S. The lowest BCUT2D eigenvalue weighted by molar-refractivity contribution is -0.142. The molecule has 0 unspecified atom stereocenters. The summed E-state index contributed by atoms with van der Waals surface area (Å²) in [5, 5.41) is 4.87. The van der Waals surface area contributed by atoms with E-state index in [1.165, 1.54) is 11.0 Å². The van der Waals surface area contributed by atoms with Crippen LogP contribution in [0.2, 0.25) is 0 Å². The van der Waals surface area contributed by atoms with Crippen molar-refractivity contribution < 1.29 is 37.1 Å². The maximum absolute atomic E-state index is 14.3. The second-order valence-electron chi connectivity index (χ2n) is 13.9. The molecule has 4 amide bonds. The average molecular weight is 672 g/mol. The number of amides is 4. The van der Waals surface area contributed by atoms with Crippen molar-refractivity contribution >= 4 is 39.9 Å². The molecule has 5 rings (SSSR count). The molecule has 47 heavy (non-hydrogen) atoms. The lowest BCUT2D eigenvalue weighted by Gasteiger charge is -2.35. The van der Waals surface area contributed by atoms with E-state index in [0.717, 1.165) is 19.3 Å². The fourth-order valence-corrected chi connectivity index (χ4v) is 7.44. The number of allylic oxidation sites excluding steroid dienone is 1. The summed E-state index contributed by atoms with van der Waals surface area (Å²) in [7, 11) is -3.87. The van der Waals surface area contributed by atoms with Crippen molar-refractivity contribution in [2.75, 3.05) is 13.2 Å². The van der Waals surface area contributed by atoms with Gasteiger partial charge < -0.3 is 25.0 Å². The standard InChI is InChI=1S/C33H45N5O8S/c1-5-21-19-33(21,30(41)37-47(43,44)23-14-15-23)36-28(39)25-18-22-20-38(25)29(40)27(32(2,3)4)35-31(42)45-17-10-8-6-7-9-12-24-26(46-22)13-11-16-34-24/h5,9,11-13,16,21-23,25,27H,1,6-8,10,14-15,17-20H2,2-4H3,(H,35,42)(H,36,39)(H,37,41)/b12-9+/t21-,22+,25-,27+,33-/m0/s1. The van der Waals surface area contributed by atoms with Gasteiger partial charge in [0, 0.05) is 18.5 Å². The Balaban J connectivity index is 1.44. The molecular weight excluding hydrogens is 626 g/mol. The van der Waals surface area contributed by atoms with Gasteiger partial charge >= 0.3 is 6.09 Å². The number of carbonyl (C=O) groups excluding carboxylic acids is 4. The zero-order chi connectivity index (χ0) is 34.0. The van der Waals surface area contributed by atoms with Crippen molar-refractivity contribution in [1.82, 2.24) is 25.2 Å². The molecule has 1 aromatic rings. The van der Waals surface area contributed by atoms with E-state index in [9.17, 15) is 27.6 Å². The molecule has 0 radical (unpaired) electrons. The van der Waals surface area contributed by atoms with Gasteiger partial charge in [-0.25, -0.2) is 13.2 Å². The van der Waals surface area contributed by atoms with Crippen LogP contribution < -0.4 is 20.1 Å². The van der Waals surface area contributed by atoms with E-state index in [2.05, 4.69) is 26.9 Å². The summed E-state index contributed by atoms with van der Waals surface area (Å²) < 4.78 is 39.1. The fourth-order valence-electron chi connectivity index (χ4n) is 6.08. The van der Waals surface area contributed by atoms with Crippen molar-refractivity contribution in [1.29, 1.82) is 0 Å². The van der Waals surface area contributed by atoms with Crippen LogP contribution in [0.3, 0.4) is 0 Å². The number of nitrogens with zero attached hydrogens (tertiary/aromatic N) is 2. The number of sulfonamides is 1. The van der Waals surface area contributed by atoms with Crippen LogP contribution in [0.1, 0.15) is 77.8 Å². The van der Waals surface area contributed by atoms with Gasteiger partial charge in [-0.15, -0.1) is 6.58 Å². The van der Waals surface area contributed by atoms with Gasteiger partial charge in [0.15, 0.2) is 0 Å². The minimum absolute atomic E-state index is 0.0123. The maximum Gasteiger partial charge on any atom is 0.407 e. The van der Waals surface area contributed by atoms with Crippen LogP contribution in [0.5, 0.6) is 5.75 Å². The topological polar surface area (TPSA) is 173 Å². The molecule has 1 aromatic heterocycles. The van der Waals surface area contributed by atoms with Crippen LogP contribution in [-0.4, -0.2) is 84.2 Å². The minimum atomic E-state index is -3.87. The van der Waals surface area contributed by atoms with Crippen molar-refractivity contribution in [2.45, 2.75) is 101 Å². The molecule has 14 heteroatoms. The average Bonchev–Trinajstić information content (AvgIpc) is 3.93. The number of aromatic nitrogens is 1. The highest BCUT2D eigenvalue weighted by atomic mass is 32.2. The number of ether oxygens (including phenoxy) is 2. The van der Waals surface area contributed by atoms with Crippen molar-refractivity contribution in [2.24, 2.45) is 11.3 Å². The number of alkyl carbamates (subject to hydrolysis) is 1. The monoisotopic (exact) mass is 671 g/mol. The summed E-state index contributed by atoms with van der Waals surface area (Å²) in [6, 6.07) is 1.37. The van der Waals surface area contributed by atoms with Gasteiger partial charge in [-0.05, 0) is 68.6 Å². The van der Waals surface area contributed by atoms with E-state index in [-0.39, 0.29) is 26.0 Å². The number of fused-ring (bicyclic) bond motifs is 3. The first-order chi connectivity index (χ1) is 22.2. The number of hydrogen-bond acceptors (Lipinski definition) is 9. The lowest BCUT2D eigenvalue weighted by Crippen LogP contribution is -2.60. The Morgan fingerprint density at radius 3 is 2.64 bits per heavy atom. The van der Waals surface area contributed by atoms with Gasteiger partial charge in [0.1, 0.15) is 35.2 Å². The Morgan fingerprint density at radius 1 is 1.19 bits per heavy atom. The molecule has 2 saturated carbocycles. The van der Waals surface area contributed by atoms with Crippen molar-refractivity contribution in [3.63, 3.8) is 0 Å². The first-order valence-corrected chi connectivity index (χ1v) is 17.8. The molecule has 0 aromatic carbocycles. The SMILES string of the molecule is C=C[C@H]1C[C@@]1(NC(=O)[C@@H]1C[C@@H]2CN1C(=O)[C@H](C(C)(C)C)NC(=O)OCCCCC/C=C/c1ncccc1O2)C(=O)NS(=O)(=O)C1CC1. The van der Waals surface area contributed by atoms with E-state index >= 15 is 0 Å². The summed E-state index contributed by atoms with van der Waals surface area (Å²) in [6.07, 6.45) is 10.1. The van der Waals surface area contributed by atoms with Gasteiger partial charge in [0.25, 0.3) is 5.91 Å². The molecule has 4 aliphatic rings. The number of pyridine rings is 1. The van der Waals surface area contributed by atoms with E-state index < -0.39 is 74.1 Å². The molecule has 2 aliphatic heterocycles. The highest BCUT2D eigenvalue weighted by Gasteiger charge is 2.62. The third-order valence-electron chi connectivity index (χ3n) is 9.09. The van der Waals surface area contributed by atoms with Crippen LogP contribution in [0.15, 0.2) is 37.1 Å². The molecule has 2 aliphatic carbocycles. The van der Waals surface area contributed by atoms with Crippen LogP contribution in [0.25, 0.3) is 6.08 Å². The summed E-state index contributed by atoms with van der Waals surface area (Å²) in [4.78, 5) is 60.3. The van der Waals surface area contributed by atoms with E-state index in [4.69, 9.17) is 9.47 Å². The summed E-state index contributed by atoms with van der Waals surface area (Å²) in [5.41, 5.74) is -1.67. The zero-order valence-electron chi connectivity index (χ0n) is 27.2. The molecule has 13 nitrogen and oxygen atoms in total. The van der Waals surface area contributed by atoms with Crippen molar-refractivity contribution in [3.8, 4) is 5.75 Å². The molecule has 3 N–H and O–H groups in total. The van der Waals surface area contributed by atoms with Gasteiger partial charge in [0.2, 0.25) is 21.8 Å². The third-order valence-corrected chi connectivity index (χ3v) is 10.9. The lowest BCUT2D eigenvalue weighted by atomic mass is 9.85. The molecule has 1 saturated heterocycles. The van der Waals surface area contributed by atoms with Gasteiger partial charge in [-0.1, -0.05) is 32.9 Å². The van der Waals surface area contributed by atoms with Crippen molar-refractivity contribution in [3.05, 3.63) is 42.8 Å². The summed E-state index contributed by atoms with van der Waals surface area (Å²) >= 11 is 0. The Kier molecular flexibility index (Phi) is 9.99. The smallest absolute Gasteiger partial charge is 0.407 e. The van der Waals surface area contributed by atoms with Crippen LogP contribution in [0.4, 0.5) is 4.79 Å². The Morgan fingerprint density at radius 2 is 1.96 bits per heavy atom. The van der Waals surface area contributed by atoms with Gasteiger partial charge in [-0.3, -0.25) is 24.1 Å². The second-order valence-corrected chi connectivity index (χ2v) is 15.8. The minimum Gasteiger partial charge on any atom is -0.486 e. The Bertz CT molecular complexity index is 1540. The molecule has 5 atom stereocenters. The van der Waals surface area contributed by atoms with Crippen LogP contribution in [-0.2, 0) is 29.1 Å². The number of carbonyl (C=O) groups is 4. The number of cyclic esters (lactones) is 1. The number of nitrogens with one attached hydrogen (secondary N) is 3. The zero-order valence-corrected chi connectivity index (χ0v) is 28.0. The summed E-state index contributed by atoms with van der Waals surface area (Å²) in [6.45, 7) is 9.36. The van der Waals surface area contributed by atoms with Crippen LogP contribution >= 0.6 is 0 Å². The molecule has 2 bridgehead atoms. The highest BCUT2D eigenvalue weighted by Crippen LogP contribution is 2.45. The molecule has 0 spiro atoms.